The van der Waals surface area contributed by atoms with Gasteiger partial charge in [0.2, 0.25) is 0 Å². The lowest BCUT2D eigenvalue weighted by molar-refractivity contribution is 0.660. The average molecular weight is 765 g/mol. The molecule has 2 N–H and O–H groups in total. The molecule has 0 saturated carbocycles. The van der Waals surface area contributed by atoms with Crippen molar-refractivity contribution in [2.75, 3.05) is 13.2 Å². The van der Waals surface area contributed by atoms with Crippen molar-refractivity contribution in [1.82, 2.24) is 4.57 Å². The van der Waals surface area contributed by atoms with E-state index >= 15 is 0 Å². The number of aliphatic imine (C=N–C) groups is 2. The van der Waals surface area contributed by atoms with Crippen LogP contribution in [0.15, 0.2) is 179 Å². The van der Waals surface area contributed by atoms with Crippen molar-refractivity contribution in [3.05, 3.63) is 186 Å². The topological polar surface area (TPSA) is 55.7 Å². The first kappa shape index (κ1) is 36.7. The second-order valence-electron chi connectivity index (χ2n) is 16.4. The Labute approximate surface area is 346 Å². The molecule has 0 saturated heterocycles. The number of hydrogen-bond donors (Lipinski definition) is 1. The molecule has 0 unspecified atom stereocenters. The third-order valence-corrected chi connectivity index (χ3v) is 12.7. The van der Waals surface area contributed by atoms with Crippen LogP contribution in [0, 0.1) is 0 Å². The molecule has 288 valence electrons. The van der Waals surface area contributed by atoms with Crippen LogP contribution in [0.2, 0.25) is 0 Å². The summed E-state index contributed by atoms with van der Waals surface area (Å²) in [4.78, 5) is 8.72. The summed E-state index contributed by atoms with van der Waals surface area (Å²) in [6, 6.07) is 47.5. The van der Waals surface area contributed by atoms with Crippen molar-refractivity contribution in [3.8, 4) is 11.1 Å². The van der Waals surface area contributed by atoms with Gasteiger partial charge in [-0.05, 0) is 111 Å². The quantitative estimate of drug-likeness (QED) is 0.133. The molecule has 3 aliphatic carbocycles. The standard InChI is InChI=1S/C53H42N2.C2H6N2/c1-53(2)46-23-13-12-20-42(46)43-30-26-37(32-47(43)53)51(54-33-34-14-4-3-5-15-34)36-24-28-38(29-25-36)55-48-31-27-35-16-6-7-17-39(35)49(48)50-44-21-10-8-18-40(44)41-19-9-11-22-45(41)52(50)55;1-4-2-3/h4,6-24,26-28,30-32H,3,5,25,29,33H2,1-2H3;1-3H2. The predicted molar refractivity (Wildman–Crippen MR) is 254 cm³/mol. The van der Waals surface area contributed by atoms with Crippen LogP contribution in [0.4, 0.5) is 0 Å². The van der Waals surface area contributed by atoms with Crippen LogP contribution in [0.1, 0.15) is 56.2 Å². The van der Waals surface area contributed by atoms with E-state index < -0.39 is 0 Å². The molecule has 8 aromatic rings. The zero-order valence-corrected chi connectivity index (χ0v) is 33.9. The van der Waals surface area contributed by atoms with Crippen LogP contribution in [-0.4, -0.2) is 30.2 Å². The molecule has 1 aromatic heterocycles. The molecule has 3 aliphatic rings. The highest BCUT2D eigenvalue weighted by atomic mass is 15.0. The highest BCUT2D eigenvalue weighted by Gasteiger charge is 2.35. The van der Waals surface area contributed by atoms with Gasteiger partial charge in [0.25, 0.3) is 0 Å². The minimum absolute atomic E-state index is 0.0661. The molecule has 0 fully saturated rings. The Bertz CT molecular complexity index is 3160. The zero-order valence-electron chi connectivity index (χ0n) is 33.9. The second-order valence-corrected chi connectivity index (χ2v) is 16.4. The molecule has 1 heterocycles. The van der Waals surface area contributed by atoms with E-state index in [1.807, 2.05) is 0 Å². The second kappa shape index (κ2) is 15.0. The molecule has 0 amide bonds. The van der Waals surface area contributed by atoms with E-state index in [-0.39, 0.29) is 5.41 Å². The predicted octanol–water partition coefficient (Wildman–Crippen LogP) is 13.5. The van der Waals surface area contributed by atoms with Crippen LogP contribution in [0.5, 0.6) is 0 Å². The lowest BCUT2D eigenvalue weighted by Crippen LogP contribution is -2.16. The molecule has 0 atom stereocenters. The van der Waals surface area contributed by atoms with E-state index in [9.17, 15) is 0 Å². The Kier molecular flexibility index (Phi) is 9.30. The zero-order chi connectivity index (χ0) is 40.1. The van der Waals surface area contributed by atoms with Gasteiger partial charge in [-0.1, -0.05) is 153 Å². The molecule has 4 heteroatoms. The fourth-order valence-electron chi connectivity index (χ4n) is 9.93. The molecular formula is C55H48N4. The van der Waals surface area contributed by atoms with E-state index in [2.05, 4.69) is 188 Å². The van der Waals surface area contributed by atoms with Gasteiger partial charge in [0.15, 0.2) is 0 Å². The number of benzene rings is 7. The van der Waals surface area contributed by atoms with Crippen LogP contribution in [0.25, 0.3) is 70.9 Å². The van der Waals surface area contributed by atoms with Crippen molar-refractivity contribution in [2.24, 2.45) is 15.7 Å². The minimum Gasteiger partial charge on any atom is -0.312 e. The Morgan fingerprint density at radius 2 is 1.39 bits per heavy atom. The van der Waals surface area contributed by atoms with Gasteiger partial charge in [0.05, 0.1) is 30.0 Å². The first-order valence-electron chi connectivity index (χ1n) is 20.9. The number of allylic oxidation sites excluding steroid dienone is 6. The fourth-order valence-corrected chi connectivity index (χ4v) is 9.93. The minimum atomic E-state index is -0.0661. The van der Waals surface area contributed by atoms with Gasteiger partial charge in [-0.15, -0.1) is 0 Å². The molecule has 4 nitrogen and oxygen atoms in total. The van der Waals surface area contributed by atoms with E-state index in [1.165, 1.54) is 98.8 Å². The average Bonchev–Trinajstić information content (AvgIpc) is 3.77. The monoisotopic (exact) mass is 764 g/mol. The molecule has 11 rings (SSSR count). The third-order valence-electron chi connectivity index (χ3n) is 12.7. The van der Waals surface area contributed by atoms with E-state index in [0.717, 1.165) is 31.4 Å². The number of nitrogens with two attached hydrogens (primary N) is 1. The highest BCUT2D eigenvalue weighted by Crippen LogP contribution is 2.49. The lowest BCUT2D eigenvalue weighted by atomic mass is 9.81. The molecule has 59 heavy (non-hydrogen) atoms. The smallest absolute Gasteiger partial charge is 0.0852 e. The van der Waals surface area contributed by atoms with Crippen molar-refractivity contribution in [3.63, 3.8) is 0 Å². The summed E-state index contributed by atoms with van der Waals surface area (Å²) in [6.07, 6.45) is 15.7. The molecule has 0 spiro atoms. The molecule has 0 bridgehead atoms. The van der Waals surface area contributed by atoms with Crippen LogP contribution < -0.4 is 5.73 Å². The van der Waals surface area contributed by atoms with E-state index in [4.69, 9.17) is 10.7 Å². The first-order chi connectivity index (χ1) is 29.0. The maximum Gasteiger partial charge on any atom is 0.0852 e. The summed E-state index contributed by atoms with van der Waals surface area (Å²) in [7, 11) is 0. The Hall–Kier alpha value is -6.62. The van der Waals surface area contributed by atoms with E-state index in [1.54, 1.807) is 0 Å². The highest BCUT2D eigenvalue weighted by molar-refractivity contribution is 6.36. The van der Waals surface area contributed by atoms with Crippen molar-refractivity contribution >= 4 is 72.2 Å². The molecule has 0 radical (unpaired) electrons. The van der Waals surface area contributed by atoms with Gasteiger partial charge in [-0.3, -0.25) is 9.98 Å². The summed E-state index contributed by atoms with van der Waals surface area (Å²) in [5.74, 6) is 0. The maximum atomic E-state index is 5.45. The van der Waals surface area contributed by atoms with E-state index in [0.29, 0.717) is 13.2 Å². The Morgan fingerprint density at radius 1 is 0.695 bits per heavy atom. The Morgan fingerprint density at radius 3 is 2.14 bits per heavy atom. The molecule has 0 aliphatic heterocycles. The van der Waals surface area contributed by atoms with Gasteiger partial charge in [-0.25, -0.2) is 0 Å². The van der Waals surface area contributed by atoms with Crippen LogP contribution in [-0.2, 0) is 5.41 Å². The van der Waals surface area contributed by atoms with Crippen molar-refractivity contribution in [2.45, 2.75) is 44.9 Å². The summed E-state index contributed by atoms with van der Waals surface area (Å²) < 4.78 is 2.59. The number of rotatable bonds is 6. The van der Waals surface area contributed by atoms with Crippen LogP contribution in [0.3, 0.4) is 0 Å². The molecule has 7 aromatic carbocycles. The summed E-state index contributed by atoms with van der Waals surface area (Å²) in [5, 5.41) is 10.5. The maximum absolute atomic E-state index is 5.45. The lowest BCUT2D eigenvalue weighted by Gasteiger charge is -2.23. The SMILES string of the molecule is C=NCN.CC1(C)c2ccccc2-c2ccc(C(=NCC3=CCCC=C3)C3=CC=C(n4c5ccc6ccccc6c5c5c6ccccc6c6ccccc6c54)CC3)cc21. The van der Waals surface area contributed by atoms with Gasteiger partial charge < -0.3 is 10.3 Å². The van der Waals surface area contributed by atoms with Gasteiger partial charge in [0, 0.05) is 32.8 Å². The van der Waals surface area contributed by atoms with Crippen molar-refractivity contribution in [1.29, 1.82) is 0 Å². The van der Waals surface area contributed by atoms with Gasteiger partial charge in [0.1, 0.15) is 0 Å². The number of fused-ring (bicyclic) bond motifs is 13. The first-order valence-corrected chi connectivity index (χ1v) is 20.9. The largest absolute Gasteiger partial charge is 0.312 e. The summed E-state index contributed by atoms with van der Waals surface area (Å²) >= 11 is 0. The number of nitrogens with zero attached hydrogens (tertiary/aromatic N) is 3. The van der Waals surface area contributed by atoms with Crippen molar-refractivity contribution < 1.29 is 0 Å². The third kappa shape index (κ3) is 6.09. The van der Waals surface area contributed by atoms with Gasteiger partial charge in [-0.2, -0.15) is 0 Å². The normalized spacial score (nSPS) is 15.8. The number of hydrogen-bond acceptors (Lipinski definition) is 3. The van der Waals surface area contributed by atoms with Crippen LogP contribution >= 0.6 is 0 Å². The summed E-state index contributed by atoms with van der Waals surface area (Å²) in [6.45, 7) is 8.87. The fraction of sp³-hybridized carbons (Fsp3) is 0.164. The number of aromatic nitrogens is 1. The summed E-state index contributed by atoms with van der Waals surface area (Å²) in [5.41, 5.74) is 19.1. The van der Waals surface area contributed by atoms with Gasteiger partial charge >= 0.3 is 0 Å². The Balaban J connectivity index is 0.00000101. The molecular weight excluding hydrogens is 717 g/mol.